The molecular weight excluding hydrogens is 226 g/mol. The van der Waals surface area contributed by atoms with E-state index in [-0.39, 0.29) is 5.54 Å². The normalized spacial score (nSPS) is 17.8. The van der Waals surface area contributed by atoms with Gasteiger partial charge in [0.05, 0.1) is 0 Å². The van der Waals surface area contributed by atoms with Crippen molar-refractivity contribution in [2.24, 2.45) is 5.18 Å². The van der Waals surface area contributed by atoms with Crippen molar-refractivity contribution in [3.8, 4) is 0 Å². The highest BCUT2D eigenvalue weighted by Crippen LogP contribution is 2.23. The smallest absolute Gasteiger partial charge is 0.108 e. The molecule has 2 rings (SSSR count). The first-order chi connectivity index (χ1) is 8.50. The molecule has 0 radical (unpaired) electrons. The largest absolute Gasteiger partial charge is 0.369 e. The van der Waals surface area contributed by atoms with Crippen LogP contribution >= 0.6 is 0 Å². The summed E-state index contributed by atoms with van der Waals surface area (Å²) in [5, 5.41) is 2.92. The SMILES string of the molecule is CC(C)(C)N1CCN(c2ccc(N=O)cc2)CC1. The van der Waals surface area contributed by atoms with Crippen LogP contribution in [0.4, 0.5) is 11.4 Å². The van der Waals surface area contributed by atoms with Crippen molar-refractivity contribution in [2.75, 3.05) is 31.1 Å². The van der Waals surface area contributed by atoms with E-state index >= 15 is 0 Å². The molecule has 1 aromatic rings. The van der Waals surface area contributed by atoms with Crippen LogP contribution in [0.15, 0.2) is 29.4 Å². The fraction of sp³-hybridized carbons (Fsp3) is 0.571. The molecular formula is C14H21N3O. The number of rotatable bonds is 2. The lowest BCUT2D eigenvalue weighted by atomic mass is 10.0. The van der Waals surface area contributed by atoms with Gasteiger partial charge in [0, 0.05) is 37.4 Å². The number of benzene rings is 1. The minimum atomic E-state index is 0.247. The number of piperazine rings is 1. The van der Waals surface area contributed by atoms with Crippen molar-refractivity contribution < 1.29 is 0 Å². The summed E-state index contributed by atoms with van der Waals surface area (Å²) in [4.78, 5) is 15.2. The van der Waals surface area contributed by atoms with Crippen molar-refractivity contribution in [2.45, 2.75) is 26.3 Å². The third kappa shape index (κ3) is 2.88. The monoisotopic (exact) mass is 247 g/mol. The van der Waals surface area contributed by atoms with E-state index < -0.39 is 0 Å². The minimum absolute atomic E-state index is 0.247. The number of nitroso groups, excluding NO2 is 1. The molecule has 0 spiro atoms. The summed E-state index contributed by atoms with van der Waals surface area (Å²) in [5.41, 5.74) is 1.92. The van der Waals surface area contributed by atoms with Gasteiger partial charge >= 0.3 is 0 Å². The lowest BCUT2D eigenvalue weighted by molar-refractivity contribution is 0.128. The highest BCUT2D eigenvalue weighted by atomic mass is 16.3. The number of hydrogen-bond donors (Lipinski definition) is 0. The van der Waals surface area contributed by atoms with E-state index in [1.807, 2.05) is 12.1 Å². The summed E-state index contributed by atoms with van der Waals surface area (Å²) in [6.07, 6.45) is 0. The first kappa shape index (κ1) is 13.0. The van der Waals surface area contributed by atoms with Gasteiger partial charge in [-0.05, 0) is 50.2 Å². The zero-order chi connectivity index (χ0) is 13.2. The molecule has 18 heavy (non-hydrogen) atoms. The van der Waals surface area contributed by atoms with Crippen LogP contribution in [0.1, 0.15) is 20.8 Å². The molecule has 0 unspecified atom stereocenters. The third-order valence-electron chi connectivity index (χ3n) is 3.55. The average molecular weight is 247 g/mol. The number of anilines is 1. The molecule has 0 aliphatic carbocycles. The minimum Gasteiger partial charge on any atom is -0.369 e. The first-order valence-corrected chi connectivity index (χ1v) is 6.44. The van der Waals surface area contributed by atoms with Crippen LogP contribution in [0, 0.1) is 4.91 Å². The van der Waals surface area contributed by atoms with Crippen LogP contribution in [0.2, 0.25) is 0 Å². The molecule has 4 nitrogen and oxygen atoms in total. The lowest BCUT2D eigenvalue weighted by Crippen LogP contribution is -2.53. The van der Waals surface area contributed by atoms with Crippen LogP contribution < -0.4 is 4.90 Å². The van der Waals surface area contributed by atoms with Gasteiger partial charge in [-0.15, -0.1) is 4.91 Å². The van der Waals surface area contributed by atoms with Gasteiger partial charge in [-0.25, -0.2) is 0 Å². The zero-order valence-electron chi connectivity index (χ0n) is 11.4. The van der Waals surface area contributed by atoms with Crippen molar-refractivity contribution in [1.29, 1.82) is 0 Å². The topological polar surface area (TPSA) is 35.9 Å². The molecule has 0 bridgehead atoms. The molecule has 1 saturated heterocycles. The van der Waals surface area contributed by atoms with Gasteiger partial charge in [-0.3, -0.25) is 4.90 Å². The molecule has 0 aromatic heterocycles. The molecule has 0 atom stereocenters. The Morgan fingerprint density at radius 1 is 1.00 bits per heavy atom. The molecule has 1 heterocycles. The Bertz CT molecular complexity index is 400. The zero-order valence-corrected chi connectivity index (χ0v) is 11.4. The summed E-state index contributed by atoms with van der Waals surface area (Å²) >= 11 is 0. The van der Waals surface area contributed by atoms with Gasteiger partial charge in [-0.2, -0.15) is 0 Å². The maximum atomic E-state index is 10.4. The highest BCUT2D eigenvalue weighted by molar-refractivity contribution is 5.53. The van der Waals surface area contributed by atoms with Gasteiger partial charge in [0.2, 0.25) is 0 Å². The molecule has 0 N–H and O–H groups in total. The summed E-state index contributed by atoms with van der Waals surface area (Å²) in [6, 6.07) is 7.50. The van der Waals surface area contributed by atoms with E-state index in [0.717, 1.165) is 26.2 Å². The van der Waals surface area contributed by atoms with E-state index in [9.17, 15) is 4.91 Å². The Labute approximate surface area is 109 Å². The van der Waals surface area contributed by atoms with Gasteiger partial charge in [0.25, 0.3) is 0 Å². The molecule has 0 saturated carbocycles. The Kier molecular flexibility index (Phi) is 3.66. The van der Waals surface area contributed by atoms with Crippen molar-refractivity contribution in [3.05, 3.63) is 29.2 Å². The Morgan fingerprint density at radius 2 is 1.56 bits per heavy atom. The molecule has 1 aromatic carbocycles. The highest BCUT2D eigenvalue weighted by Gasteiger charge is 2.25. The fourth-order valence-electron chi connectivity index (χ4n) is 2.36. The van der Waals surface area contributed by atoms with E-state index in [0.29, 0.717) is 5.69 Å². The van der Waals surface area contributed by atoms with Gasteiger partial charge in [0.15, 0.2) is 0 Å². The summed E-state index contributed by atoms with van der Waals surface area (Å²) in [5.74, 6) is 0. The van der Waals surface area contributed by atoms with Crippen molar-refractivity contribution >= 4 is 11.4 Å². The maximum absolute atomic E-state index is 10.4. The number of nitrogens with zero attached hydrogens (tertiary/aromatic N) is 3. The third-order valence-corrected chi connectivity index (χ3v) is 3.55. The molecule has 4 heteroatoms. The van der Waals surface area contributed by atoms with E-state index in [1.54, 1.807) is 12.1 Å². The molecule has 1 fully saturated rings. The second kappa shape index (κ2) is 5.06. The summed E-state index contributed by atoms with van der Waals surface area (Å²) in [6.45, 7) is 11.0. The van der Waals surface area contributed by atoms with Crippen LogP contribution in [-0.4, -0.2) is 36.6 Å². The van der Waals surface area contributed by atoms with E-state index in [4.69, 9.17) is 0 Å². The first-order valence-electron chi connectivity index (χ1n) is 6.44. The second-order valence-corrected chi connectivity index (χ2v) is 5.75. The Balaban J connectivity index is 1.98. The second-order valence-electron chi connectivity index (χ2n) is 5.75. The van der Waals surface area contributed by atoms with E-state index in [2.05, 4.69) is 35.7 Å². The quantitative estimate of drug-likeness (QED) is 0.754. The average Bonchev–Trinajstić information content (AvgIpc) is 2.38. The Morgan fingerprint density at radius 3 is 2.00 bits per heavy atom. The van der Waals surface area contributed by atoms with Crippen LogP contribution in [0.25, 0.3) is 0 Å². The molecule has 0 amide bonds. The van der Waals surface area contributed by atoms with Gasteiger partial charge in [0.1, 0.15) is 5.69 Å². The Hall–Kier alpha value is -1.42. The van der Waals surface area contributed by atoms with Crippen LogP contribution in [-0.2, 0) is 0 Å². The van der Waals surface area contributed by atoms with Crippen LogP contribution in [0.3, 0.4) is 0 Å². The van der Waals surface area contributed by atoms with E-state index in [1.165, 1.54) is 5.69 Å². The molecule has 1 aliphatic rings. The molecule has 98 valence electrons. The predicted octanol–water partition coefficient (Wildman–Crippen LogP) is 3.01. The summed E-state index contributed by atoms with van der Waals surface area (Å²) in [7, 11) is 0. The maximum Gasteiger partial charge on any atom is 0.108 e. The fourth-order valence-corrected chi connectivity index (χ4v) is 2.36. The van der Waals surface area contributed by atoms with Gasteiger partial charge < -0.3 is 4.90 Å². The molecule has 1 aliphatic heterocycles. The van der Waals surface area contributed by atoms with Crippen LogP contribution in [0.5, 0.6) is 0 Å². The van der Waals surface area contributed by atoms with Crippen molar-refractivity contribution in [1.82, 2.24) is 4.90 Å². The standard InChI is InChI=1S/C14H21N3O/c1-14(2,3)17-10-8-16(9-11-17)13-6-4-12(15-18)5-7-13/h4-7H,8-11H2,1-3H3. The lowest BCUT2D eigenvalue weighted by Gasteiger charge is -2.43. The van der Waals surface area contributed by atoms with Crippen molar-refractivity contribution in [3.63, 3.8) is 0 Å². The summed E-state index contributed by atoms with van der Waals surface area (Å²) < 4.78 is 0. The predicted molar refractivity (Wildman–Crippen MR) is 75.4 cm³/mol. The van der Waals surface area contributed by atoms with Gasteiger partial charge in [-0.1, -0.05) is 0 Å². The number of hydrogen-bond acceptors (Lipinski definition) is 4.